The largest absolute Gasteiger partial charge is 0.353 e. The molecule has 1 aliphatic carbocycles. The lowest BCUT2D eigenvalue weighted by Gasteiger charge is -2.07. The van der Waals surface area contributed by atoms with Crippen molar-refractivity contribution in [1.29, 1.82) is 0 Å². The first kappa shape index (κ1) is 20.6. The Morgan fingerprint density at radius 2 is 1.76 bits per heavy atom. The van der Waals surface area contributed by atoms with Crippen LogP contribution in [-0.4, -0.2) is 39.5 Å². The van der Waals surface area contributed by atoms with Crippen LogP contribution in [0.3, 0.4) is 0 Å². The van der Waals surface area contributed by atoms with E-state index in [1.54, 1.807) is 24.3 Å². The topological polar surface area (TPSA) is 133 Å². The van der Waals surface area contributed by atoms with E-state index in [4.69, 9.17) is 0 Å². The second kappa shape index (κ2) is 9.37. The standard InChI is InChI=1S/C19H21N5O4S/c1-11(25)20-12-2-4-14(5-3-12)22-18(28)10-29-19-23-15(9-17(27)24-19)8-16(26)21-13-6-7-13/h2-5,9,13H,6-8,10H2,1H3,(H,20,25)(H,21,26)(H,22,28)(H,23,24,27). The third-order valence-corrected chi connectivity index (χ3v) is 4.76. The van der Waals surface area contributed by atoms with Crippen LogP contribution in [-0.2, 0) is 20.8 Å². The molecule has 152 valence electrons. The molecule has 0 saturated heterocycles. The molecule has 1 aromatic carbocycles. The Morgan fingerprint density at radius 1 is 1.10 bits per heavy atom. The van der Waals surface area contributed by atoms with Crippen LogP contribution in [0.25, 0.3) is 0 Å². The van der Waals surface area contributed by atoms with Gasteiger partial charge in [0, 0.05) is 30.4 Å². The Bertz CT molecular complexity index is 969. The van der Waals surface area contributed by atoms with Gasteiger partial charge in [0.15, 0.2) is 5.16 Å². The maximum absolute atomic E-state index is 12.1. The van der Waals surface area contributed by atoms with Gasteiger partial charge in [-0.05, 0) is 37.1 Å². The number of carbonyl (C=O) groups excluding carboxylic acids is 3. The minimum Gasteiger partial charge on any atom is -0.353 e. The zero-order valence-corrected chi connectivity index (χ0v) is 16.6. The van der Waals surface area contributed by atoms with Crippen molar-refractivity contribution < 1.29 is 14.4 Å². The zero-order valence-electron chi connectivity index (χ0n) is 15.8. The molecule has 0 spiro atoms. The molecule has 0 atom stereocenters. The van der Waals surface area contributed by atoms with Gasteiger partial charge >= 0.3 is 0 Å². The molecule has 1 aliphatic rings. The highest BCUT2D eigenvalue weighted by molar-refractivity contribution is 7.99. The quantitative estimate of drug-likeness (QED) is 0.379. The Labute approximate surface area is 171 Å². The summed E-state index contributed by atoms with van der Waals surface area (Å²) >= 11 is 1.07. The molecule has 10 heteroatoms. The van der Waals surface area contributed by atoms with Gasteiger partial charge in [0.25, 0.3) is 5.56 Å². The molecule has 3 rings (SSSR count). The number of carbonyl (C=O) groups is 3. The van der Waals surface area contributed by atoms with Crippen molar-refractivity contribution in [1.82, 2.24) is 15.3 Å². The summed E-state index contributed by atoms with van der Waals surface area (Å²) in [6.45, 7) is 1.42. The summed E-state index contributed by atoms with van der Waals surface area (Å²) in [6, 6.07) is 8.24. The predicted molar refractivity (Wildman–Crippen MR) is 110 cm³/mol. The summed E-state index contributed by atoms with van der Waals surface area (Å²) in [4.78, 5) is 53.6. The van der Waals surface area contributed by atoms with Gasteiger partial charge < -0.3 is 20.9 Å². The lowest BCUT2D eigenvalue weighted by molar-refractivity contribution is -0.120. The highest BCUT2D eigenvalue weighted by Crippen LogP contribution is 2.19. The number of rotatable bonds is 8. The van der Waals surface area contributed by atoms with Gasteiger partial charge in [-0.3, -0.25) is 19.2 Å². The van der Waals surface area contributed by atoms with Gasteiger partial charge in [-0.15, -0.1) is 0 Å². The molecule has 1 fully saturated rings. The third-order valence-electron chi connectivity index (χ3n) is 3.89. The number of nitrogens with one attached hydrogen (secondary N) is 4. The van der Waals surface area contributed by atoms with E-state index >= 15 is 0 Å². The van der Waals surface area contributed by atoms with Crippen LogP contribution in [0.15, 0.2) is 40.3 Å². The van der Waals surface area contributed by atoms with Crippen LogP contribution >= 0.6 is 11.8 Å². The molecule has 29 heavy (non-hydrogen) atoms. The zero-order chi connectivity index (χ0) is 20.8. The number of amides is 3. The first-order chi connectivity index (χ1) is 13.9. The maximum atomic E-state index is 12.1. The second-order valence-corrected chi connectivity index (χ2v) is 7.62. The van der Waals surface area contributed by atoms with Crippen LogP contribution < -0.4 is 21.5 Å². The van der Waals surface area contributed by atoms with Crippen LogP contribution in [0.5, 0.6) is 0 Å². The maximum Gasteiger partial charge on any atom is 0.251 e. The fraction of sp³-hybridized carbons (Fsp3) is 0.316. The second-order valence-electron chi connectivity index (χ2n) is 6.66. The number of hydrogen-bond acceptors (Lipinski definition) is 6. The Morgan fingerprint density at radius 3 is 2.38 bits per heavy atom. The molecule has 4 N–H and O–H groups in total. The van der Waals surface area contributed by atoms with Gasteiger partial charge in [0.1, 0.15) is 0 Å². The average Bonchev–Trinajstić information content (AvgIpc) is 3.44. The van der Waals surface area contributed by atoms with Gasteiger partial charge in [-0.25, -0.2) is 4.98 Å². The summed E-state index contributed by atoms with van der Waals surface area (Å²) in [5, 5.41) is 8.50. The van der Waals surface area contributed by atoms with Crippen molar-refractivity contribution in [2.24, 2.45) is 0 Å². The highest BCUT2D eigenvalue weighted by Gasteiger charge is 2.23. The van der Waals surface area contributed by atoms with Crippen molar-refractivity contribution in [3.05, 3.63) is 46.4 Å². The fourth-order valence-electron chi connectivity index (χ4n) is 2.48. The van der Waals surface area contributed by atoms with Crippen molar-refractivity contribution in [3.63, 3.8) is 0 Å². The average molecular weight is 415 g/mol. The molecular formula is C19H21N5O4S. The van der Waals surface area contributed by atoms with E-state index in [1.165, 1.54) is 13.0 Å². The Hall–Kier alpha value is -3.14. The molecule has 0 bridgehead atoms. The number of anilines is 2. The van der Waals surface area contributed by atoms with Crippen molar-refractivity contribution in [2.45, 2.75) is 37.4 Å². The molecule has 1 aromatic heterocycles. The molecule has 9 nitrogen and oxygen atoms in total. The summed E-state index contributed by atoms with van der Waals surface area (Å²) in [7, 11) is 0. The van der Waals surface area contributed by atoms with Crippen molar-refractivity contribution in [3.8, 4) is 0 Å². The molecule has 3 amide bonds. The summed E-state index contributed by atoms with van der Waals surface area (Å²) < 4.78 is 0. The number of aromatic amines is 1. The van der Waals surface area contributed by atoms with Crippen LogP contribution in [0.2, 0.25) is 0 Å². The molecule has 0 radical (unpaired) electrons. The molecular weight excluding hydrogens is 394 g/mol. The minimum atomic E-state index is -0.370. The van der Waals surface area contributed by atoms with Crippen LogP contribution in [0, 0.1) is 0 Å². The van der Waals surface area contributed by atoms with Crippen molar-refractivity contribution in [2.75, 3.05) is 16.4 Å². The monoisotopic (exact) mass is 415 g/mol. The lowest BCUT2D eigenvalue weighted by atomic mass is 10.3. The Kier molecular flexibility index (Phi) is 6.65. The molecule has 2 aromatic rings. The van der Waals surface area contributed by atoms with E-state index in [-0.39, 0.29) is 46.7 Å². The SMILES string of the molecule is CC(=O)Nc1ccc(NC(=O)CSc2nc(CC(=O)NC3CC3)cc(=O)[nH]2)cc1. The molecule has 1 heterocycles. The summed E-state index contributed by atoms with van der Waals surface area (Å²) in [5.41, 5.74) is 1.21. The van der Waals surface area contributed by atoms with E-state index in [0.717, 1.165) is 24.6 Å². The van der Waals surface area contributed by atoms with E-state index in [0.29, 0.717) is 17.1 Å². The van der Waals surface area contributed by atoms with Crippen LogP contribution in [0.1, 0.15) is 25.5 Å². The van der Waals surface area contributed by atoms with Crippen molar-refractivity contribution >= 4 is 40.9 Å². The van der Waals surface area contributed by atoms with E-state index in [9.17, 15) is 19.2 Å². The number of benzene rings is 1. The fourth-order valence-corrected chi connectivity index (χ4v) is 3.18. The highest BCUT2D eigenvalue weighted by atomic mass is 32.2. The van der Waals surface area contributed by atoms with Gasteiger partial charge in [-0.2, -0.15) is 0 Å². The summed E-state index contributed by atoms with van der Waals surface area (Å²) in [6.07, 6.45) is 2.00. The van der Waals surface area contributed by atoms with E-state index in [1.807, 2.05) is 0 Å². The minimum absolute atomic E-state index is 0.0286. The molecule has 0 aliphatic heterocycles. The lowest BCUT2D eigenvalue weighted by Crippen LogP contribution is -2.28. The number of H-pyrrole nitrogens is 1. The first-order valence-electron chi connectivity index (χ1n) is 9.07. The molecule has 0 unspecified atom stereocenters. The van der Waals surface area contributed by atoms with Crippen LogP contribution in [0.4, 0.5) is 11.4 Å². The van der Waals surface area contributed by atoms with Gasteiger partial charge in [0.05, 0.1) is 17.9 Å². The first-order valence-corrected chi connectivity index (χ1v) is 10.1. The van der Waals surface area contributed by atoms with Gasteiger partial charge in [0.2, 0.25) is 17.7 Å². The van der Waals surface area contributed by atoms with E-state index in [2.05, 4.69) is 25.9 Å². The third kappa shape index (κ3) is 7.07. The molecule has 1 saturated carbocycles. The predicted octanol–water partition coefficient (Wildman–Crippen LogP) is 1.28. The Balaban J connectivity index is 1.51. The number of nitrogens with zero attached hydrogens (tertiary/aromatic N) is 1. The normalized spacial score (nSPS) is 12.9. The summed E-state index contributed by atoms with van der Waals surface area (Å²) in [5.74, 6) is -0.579. The number of aromatic nitrogens is 2. The van der Waals surface area contributed by atoms with Gasteiger partial charge in [-0.1, -0.05) is 11.8 Å². The van der Waals surface area contributed by atoms with E-state index < -0.39 is 0 Å². The number of hydrogen-bond donors (Lipinski definition) is 4. The smallest absolute Gasteiger partial charge is 0.251 e. The number of thioether (sulfide) groups is 1.